The number of benzene rings is 6. The zero-order valence-electron chi connectivity index (χ0n) is 36.2. The van der Waals surface area contributed by atoms with E-state index in [1.165, 1.54) is 122 Å². The van der Waals surface area contributed by atoms with E-state index in [1.807, 2.05) is 22.7 Å². The Bertz CT molecular complexity index is 3030. The molecule has 0 spiro atoms. The van der Waals surface area contributed by atoms with Gasteiger partial charge in [-0.1, -0.05) is 117 Å². The summed E-state index contributed by atoms with van der Waals surface area (Å²) in [5, 5.41) is 4.15. The predicted octanol–water partition coefficient (Wildman–Crippen LogP) is 14.0. The standard InChI is InChI=1S/C54H53BN2S2/c1-31-28-43-46-44(29-31)57(37-22-17-34(18-23-37)53(5,6)7)48-42(26-25-40-39-24-14-32-12-11-13-38(32)49(39)59-50(40)48)55(46)51-47(41-30-35(54(8,9)10)19-27-45(41)58-51)56(43)36-20-15-33(16-21-36)52(2,3)4/h14-30H,11-13H2,1-10H3. The average Bonchev–Trinajstić information content (AvgIpc) is 3.92. The SMILES string of the molecule is Cc1cc2c3c(c1)N(c1ccc(C(C)(C)C)cc1)c1c(ccc4c1sc1c5c(ccc14)CCC5)B3c1sc3ccc(C(C)(C)C)cc3c1N2c1ccc(C(C)(C)C)cc1. The summed E-state index contributed by atoms with van der Waals surface area (Å²) < 4.78 is 5.69. The summed E-state index contributed by atoms with van der Waals surface area (Å²) in [5.41, 5.74) is 19.2. The molecule has 59 heavy (non-hydrogen) atoms. The fourth-order valence-electron chi connectivity index (χ4n) is 10.3. The van der Waals surface area contributed by atoms with Gasteiger partial charge in [0.2, 0.25) is 0 Å². The van der Waals surface area contributed by atoms with E-state index < -0.39 is 0 Å². The van der Waals surface area contributed by atoms with Gasteiger partial charge in [-0.3, -0.25) is 0 Å². The van der Waals surface area contributed by atoms with Crippen molar-refractivity contribution in [2.75, 3.05) is 9.80 Å². The third kappa shape index (κ3) is 5.56. The largest absolute Gasteiger partial charge is 0.310 e. The van der Waals surface area contributed by atoms with Crippen LogP contribution in [0.5, 0.6) is 0 Å². The van der Waals surface area contributed by atoms with Crippen molar-refractivity contribution in [2.45, 2.75) is 105 Å². The van der Waals surface area contributed by atoms with E-state index in [4.69, 9.17) is 0 Å². The lowest BCUT2D eigenvalue weighted by Gasteiger charge is -2.43. The molecule has 0 atom stereocenters. The minimum Gasteiger partial charge on any atom is -0.310 e. The van der Waals surface area contributed by atoms with Crippen molar-refractivity contribution in [3.63, 3.8) is 0 Å². The van der Waals surface area contributed by atoms with Gasteiger partial charge in [-0.25, -0.2) is 0 Å². The lowest BCUT2D eigenvalue weighted by molar-refractivity contribution is 0.590. The Morgan fingerprint density at radius 1 is 0.525 bits per heavy atom. The van der Waals surface area contributed by atoms with Crippen LogP contribution in [0, 0.1) is 6.92 Å². The summed E-state index contributed by atoms with van der Waals surface area (Å²) in [6.07, 6.45) is 3.63. The molecule has 2 nitrogen and oxygen atoms in total. The van der Waals surface area contributed by atoms with E-state index >= 15 is 0 Å². The van der Waals surface area contributed by atoms with Gasteiger partial charge in [0.05, 0.1) is 16.1 Å². The van der Waals surface area contributed by atoms with Gasteiger partial charge in [0.1, 0.15) is 0 Å². The molecule has 0 saturated heterocycles. The summed E-state index contributed by atoms with van der Waals surface area (Å²) in [5.74, 6) is 0. The number of hydrogen-bond donors (Lipinski definition) is 0. The third-order valence-corrected chi connectivity index (χ3v) is 16.0. The van der Waals surface area contributed by atoms with E-state index in [9.17, 15) is 0 Å². The van der Waals surface area contributed by atoms with E-state index in [0.29, 0.717) is 0 Å². The Balaban J connectivity index is 1.26. The van der Waals surface area contributed by atoms with Gasteiger partial charge in [-0.15, -0.1) is 22.7 Å². The van der Waals surface area contributed by atoms with Crippen LogP contribution in [-0.4, -0.2) is 6.71 Å². The van der Waals surface area contributed by atoms with E-state index in [0.717, 1.165) is 0 Å². The molecule has 0 amide bonds. The second kappa shape index (κ2) is 12.6. The molecule has 0 unspecified atom stereocenters. The quantitative estimate of drug-likeness (QED) is 0.161. The average molecular weight is 805 g/mol. The number of fused-ring (bicyclic) bond motifs is 12. The minimum atomic E-state index is 0.0337. The molecule has 1 aliphatic carbocycles. The highest BCUT2D eigenvalue weighted by molar-refractivity contribution is 7.34. The van der Waals surface area contributed by atoms with Crippen molar-refractivity contribution in [1.82, 2.24) is 0 Å². The molecule has 3 aliphatic rings. The Hall–Kier alpha value is -4.84. The van der Waals surface area contributed by atoms with Crippen molar-refractivity contribution >= 4 is 109 Å². The molecular weight excluding hydrogens is 752 g/mol. The van der Waals surface area contributed by atoms with Crippen molar-refractivity contribution in [3.05, 3.63) is 137 Å². The fraction of sp³-hybridized carbons (Fsp3) is 0.296. The van der Waals surface area contributed by atoms with Gasteiger partial charge in [0, 0.05) is 53.1 Å². The molecule has 5 heteroatoms. The number of thiophene rings is 2. The van der Waals surface area contributed by atoms with Crippen LogP contribution in [0.3, 0.4) is 0 Å². The first-order valence-electron chi connectivity index (χ1n) is 21.6. The van der Waals surface area contributed by atoms with Crippen LogP contribution in [0.1, 0.15) is 102 Å². The van der Waals surface area contributed by atoms with E-state index in [1.54, 1.807) is 11.1 Å². The molecular formula is C54H53BN2S2. The maximum atomic E-state index is 2.65. The lowest BCUT2D eigenvalue weighted by Crippen LogP contribution is -2.60. The van der Waals surface area contributed by atoms with Crippen LogP contribution in [-0.2, 0) is 29.1 Å². The van der Waals surface area contributed by atoms with Gasteiger partial charge in [-0.05, 0) is 135 Å². The normalized spacial score (nSPS) is 15.0. The summed E-state index contributed by atoms with van der Waals surface area (Å²) in [4.78, 5) is 5.28. The molecule has 0 bridgehead atoms. The molecule has 0 saturated carbocycles. The van der Waals surface area contributed by atoms with Crippen LogP contribution < -0.4 is 25.5 Å². The first-order chi connectivity index (χ1) is 28.1. The topological polar surface area (TPSA) is 6.48 Å². The highest BCUT2D eigenvalue weighted by atomic mass is 32.1. The van der Waals surface area contributed by atoms with Crippen LogP contribution in [0.2, 0.25) is 0 Å². The molecule has 4 heterocycles. The van der Waals surface area contributed by atoms with Crippen LogP contribution in [0.25, 0.3) is 30.3 Å². The summed E-state index contributed by atoms with van der Waals surface area (Å²) in [6.45, 7) is 23.3. The Kier molecular flexibility index (Phi) is 7.94. The van der Waals surface area contributed by atoms with Crippen LogP contribution in [0.15, 0.2) is 103 Å². The first kappa shape index (κ1) is 37.2. The molecule has 2 aliphatic heterocycles. The maximum absolute atomic E-state index is 2.65. The van der Waals surface area contributed by atoms with E-state index in [2.05, 4.69) is 182 Å². The molecule has 11 rings (SSSR count). The molecule has 294 valence electrons. The van der Waals surface area contributed by atoms with E-state index in [-0.39, 0.29) is 23.0 Å². The summed E-state index contributed by atoms with van der Waals surface area (Å²) >= 11 is 4.05. The highest BCUT2D eigenvalue weighted by Crippen LogP contribution is 2.52. The predicted molar refractivity (Wildman–Crippen MR) is 262 cm³/mol. The van der Waals surface area contributed by atoms with Gasteiger partial charge in [-0.2, -0.15) is 0 Å². The van der Waals surface area contributed by atoms with Crippen molar-refractivity contribution in [3.8, 4) is 0 Å². The highest BCUT2D eigenvalue weighted by Gasteiger charge is 2.46. The Labute approximate surface area is 358 Å². The van der Waals surface area contributed by atoms with Gasteiger partial charge in [0.25, 0.3) is 6.71 Å². The molecule has 6 aromatic carbocycles. The first-order valence-corrected chi connectivity index (χ1v) is 23.2. The number of aryl methyl sites for hydroxylation is 3. The smallest absolute Gasteiger partial charge is 0.264 e. The number of anilines is 6. The van der Waals surface area contributed by atoms with Crippen LogP contribution >= 0.6 is 22.7 Å². The molecule has 0 fully saturated rings. The zero-order chi connectivity index (χ0) is 40.9. The second-order valence-electron chi connectivity index (χ2n) is 20.6. The van der Waals surface area contributed by atoms with Crippen LogP contribution in [0.4, 0.5) is 34.1 Å². The lowest BCUT2D eigenvalue weighted by atomic mass is 9.36. The van der Waals surface area contributed by atoms with Gasteiger partial charge in [0.15, 0.2) is 0 Å². The summed E-state index contributed by atoms with van der Waals surface area (Å²) in [7, 11) is 0. The fourth-order valence-corrected chi connectivity index (χ4v) is 13.0. The number of rotatable bonds is 2. The number of nitrogens with zero attached hydrogens (tertiary/aromatic N) is 2. The zero-order valence-corrected chi connectivity index (χ0v) is 37.9. The second-order valence-corrected chi connectivity index (χ2v) is 22.7. The molecule has 0 radical (unpaired) electrons. The molecule has 8 aromatic rings. The van der Waals surface area contributed by atoms with Crippen molar-refractivity contribution < 1.29 is 0 Å². The molecule has 0 N–H and O–H groups in total. The maximum Gasteiger partial charge on any atom is 0.264 e. The van der Waals surface area contributed by atoms with Gasteiger partial charge >= 0.3 is 0 Å². The minimum absolute atomic E-state index is 0.0337. The third-order valence-electron chi connectivity index (χ3n) is 13.5. The van der Waals surface area contributed by atoms with Crippen molar-refractivity contribution in [1.29, 1.82) is 0 Å². The van der Waals surface area contributed by atoms with Crippen molar-refractivity contribution in [2.24, 2.45) is 0 Å². The number of hydrogen-bond acceptors (Lipinski definition) is 4. The monoisotopic (exact) mass is 804 g/mol. The van der Waals surface area contributed by atoms with Gasteiger partial charge < -0.3 is 9.80 Å². The molecule has 2 aromatic heterocycles. The Morgan fingerprint density at radius 3 is 1.69 bits per heavy atom. The summed E-state index contributed by atoms with van der Waals surface area (Å²) in [6, 6.07) is 41.0. The Morgan fingerprint density at radius 2 is 1.08 bits per heavy atom.